The molecular weight excluding hydrogens is 475 g/mol. The van der Waals surface area contributed by atoms with Gasteiger partial charge in [-0.15, -0.1) is 0 Å². The van der Waals surface area contributed by atoms with Gasteiger partial charge in [0.1, 0.15) is 11.6 Å². The molecule has 0 saturated carbocycles. The van der Waals surface area contributed by atoms with E-state index in [2.05, 4.69) is 131 Å². The van der Waals surface area contributed by atoms with Gasteiger partial charge in [0.15, 0.2) is 5.82 Å². The average molecular weight is 496 g/mol. The van der Waals surface area contributed by atoms with E-state index in [-0.39, 0.29) is 6.71 Å². The number of nitrogens with zero attached hydrogens (tertiary/aromatic N) is 4. The fourth-order valence-electron chi connectivity index (χ4n) is 6.63. The molecule has 0 spiro atoms. The van der Waals surface area contributed by atoms with Crippen LogP contribution in [0, 0.1) is 0 Å². The minimum Gasteiger partial charge on any atom is -0.296 e. The van der Waals surface area contributed by atoms with Gasteiger partial charge >= 0.3 is 0 Å². The minimum atomic E-state index is 0.0384. The minimum absolute atomic E-state index is 0.0384. The summed E-state index contributed by atoms with van der Waals surface area (Å²) in [5, 5.41) is 2.51. The molecule has 0 saturated heterocycles. The van der Waals surface area contributed by atoms with Crippen LogP contribution in [-0.2, 0) is 0 Å². The molecule has 0 fully saturated rings. The van der Waals surface area contributed by atoms with Crippen LogP contribution < -0.4 is 21.3 Å². The number of anilines is 3. The molecule has 39 heavy (non-hydrogen) atoms. The van der Waals surface area contributed by atoms with E-state index in [1.54, 1.807) is 0 Å². The van der Waals surface area contributed by atoms with Crippen molar-refractivity contribution in [2.24, 2.45) is 0 Å². The summed E-state index contributed by atoms with van der Waals surface area (Å²) in [6.45, 7) is 0.0384. The first-order chi connectivity index (χ1) is 19.4. The Labute approximate surface area is 225 Å². The number of fused-ring (bicyclic) bond motifs is 7. The highest BCUT2D eigenvalue weighted by Crippen LogP contribution is 2.40. The third-order valence-electron chi connectivity index (χ3n) is 8.19. The van der Waals surface area contributed by atoms with Crippen molar-refractivity contribution >= 4 is 62.1 Å². The van der Waals surface area contributed by atoms with Crippen LogP contribution in [0.4, 0.5) is 17.2 Å². The lowest BCUT2D eigenvalue weighted by Gasteiger charge is -2.39. The second-order valence-electron chi connectivity index (χ2n) is 10.2. The summed E-state index contributed by atoms with van der Waals surface area (Å²) in [6, 6.07) is 45.1. The van der Waals surface area contributed by atoms with Crippen LogP contribution >= 0.6 is 0 Å². The van der Waals surface area contributed by atoms with Gasteiger partial charge in [0, 0.05) is 33.2 Å². The Morgan fingerprint density at radius 2 is 1.21 bits per heavy atom. The first-order valence-corrected chi connectivity index (χ1v) is 13.3. The molecular formula is C34H21BN4. The van der Waals surface area contributed by atoms with Gasteiger partial charge in [-0.2, -0.15) is 0 Å². The summed E-state index contributed by atoms with van der Waals surface area (Å²) in [4.78, 5) is 13.0. The van der Waals surface area contributed by atoms with E-state index in [1.807, 2.05) is 6.07 Å². The Bertz CT molecular complexity index is 2080. The van der Waals surface area contributed by atoms with Crippen LogP contribution in [0.5, 0.6) is 0 Å². The fourth-order valence-corrected chi connectivity index (χ4v) is 6.63. The highest BCUT2D eigenvalue weighted by atomic mass is 15.2. The molecule has 0 atom stereocenters. The highest BCUT2D eigenvalue weighted by molar-refractivity contribution is 7.00. The molecule has 4 nitrogen and oxygen atoms in total. The van der Waals surface area contributed by atoms with Gasteiger partial charge in [-0.25, -0.2) is 9.97 Å². The molecule has 2 aromatic heterocycles. The zero-order valence-electron chi connectivity index (χ0n) is 21.0. The van der Waals surface area contributed by atoms with Crippen molar-refractivity contribution in [2.75, 3.05) is 4.90 Å². The zero-order chi connectivity index (χ0) is 25.5. The van der Waals surface area contributed by atoms with Crippen LogP contribution in [0.3, 0.4) is 0 Å². The van der Waals surface area contributed by atoms with Gasteiger partial charge in [0.05, 0.1) is 11.0 Å². The molecule has 2 aliphatic rings. The Balaban J connectivity index is 1.50. The molecule has 0 N–H and O–H groups in total. The molecule has 7 aromatic rings. The molecule has 180 valence electrons. The van der Waals surface area contributed by atoms with Crippen molar-refractivity contribution in [2.45, 2.75) is 0 Å². The molecule has 2 aliphatic heterocycles. The van der Waals surface area contributed by atoms with Gasteiger partial charge in [-0.3, -0.25) is 9.47 Å². The van der Waals surface area contributed by atoms with E-state index in [4.69, 9.17) is 9.97 Å². The Morgan fingerprint density at radius 3 is 2.08 bits per heavy atom. The second kappa shape index (κ2) is 7.68. The maximum Gasteiger partial charge on any atom is 0.256 e. The molecule has 0 radical (unpaired) electrons. The summed E-state index contributed by atoms with van der Waals surface area (Å²) in [6.07, 6.45) is 0. The standard InChI is InChI=1S/C34H21BN4/c1-3-12-22(13-4-1)32-36-33-30-34(37-32)39-28-20-9-7-16-24(28)25-17-11-19-27(31(25)39)35(30)26-18-8-10-21-29(26)38(33)23-14-5-2-6-15-23/h1-21H. The van der Waals surface area contributed by atoms with Crippen LogP contribution in [0.25, 0.3) is 39.0 Å². The van der Waals surface area contributed by atoms with E-state index < -0.39 is 0 Å². The van der Waals surface area contributed by atoms with E-state index in [0.29, 0.717) is 0 Å². The summed E-state index contributed by atoms with van der Waals surface area (Å²) in [7, 11) is 0. The van der Waals surface area contributed by atoms with Gasteiger partial charge in [0.25, 0.3) is 6.71 Å². The maximum absolute atomic E-state index is 5.35. The second-order valence-corrected chi connectivity index (χ2v) is 10.2. The fraction of sp³-hybridized carbons (Fsp3) is 0. The topological polar surface area (TPSA) is 34.0 Å². The van der Waals surface area contributed by atoms with Crippen LogP contribution in [0.15, 0.2) is 127 Å². The van der Waals surface area contributed by atoms with Gasteiger partial charge in [-0.05, 0) is 35.2 Å². The Kier molecular flexibility index (Phi) is 4.11. The molecule has 9 rings (SSSR count). The zero-order valence-corrected chi connectivity index (χ0v) is 21.0. The first kappa shape index (κ1) is 20.9. The molecule has 4 heterocycles. The van der Waals surface area contributed by atoms with Crippen molar-refractivity contribution in [1.29, 1.82) is 0 Å². The predicted molar refractivity (Wildman–Crippen MR) is 161 cm³/mol. The lowest BCUT2D eigenvalue weighted by Crippen LogP contribution is -2.61. The first-order valence-electron chi connectivity index (χ1n) is 13.3. The molecule has 5 heteroatoms. The van der Waals surface area contributed by atoms with E-state index in [0.717, 1.165) is 39.9 Å². The average Bonchev–Trinajstić information content (AvgIpc) is 3.35. The third-order valence-corrected chi connectivity index (χ3v) is 8.19. The molecule has 0 bridgehead atoms. The van der Waals surface area contributed by atoms with Crippen LogP contribution in [0.2, 0.25) is 0 Å². The number of aromatic nitrogens is 3. The summed E-state index contributed by atoms with van der Waals surface area (Å²) >= 11 is 0. The van der Waals surface area contributed by atoms with Crippen molar-refractivity contribution in [3.63, 3.8) is 0 Å². The number of rotatable bonds is 2. The summed E-state index contributed by atoms with van der Waals surface area (Å²) in [5.74, 6) is 2.63. The predicted octanol–water partition coefficient (Wildman–Crippen LogP) is 5.85. The Hall–Kier alpha value is -5.16. The molecule has 0 unspecified atom stereocenters. The molecule has 5 aromatic carbocycles. The van der Waals surface area contributed by atoms with Crippen molar-refractivity contribution in [3.05, 3.63) is 127 Å². The van der Waals surface area contributed by atoms with Gasteiger partial charge in [0.2, 0.25) is 0 Å². The quantitative estimate of drug-likeness (QED) is 0.282. The normalized spacial score (nSPS) is 13.0. The van der Waals surface area contributed by atoms with Crippen molar-refractivity contribution in [3.8, 4) is 17.2 Å². The van der Waals surface area contributed by atoms with E-state index >= 15 is 0 Å². The number of benzene rings is 5. The monoisotopic (exact) mass is 496 g/mol. The highest BCUT2D eigenvalue weighted by Gasteiger charge is 2.43. The SMILES string of the molecule is c1ccc(-c2nc3c4c(n2)-n2c5ccccc5c5cccc(c52)B4c2ccccc2N3c2ccccc2)cc1. The number of para-hydroxylation sites is 4. The molecule has 0 aliphatic carbocycles. The summed E-state index contributed by atoms with van der Waals surface area (Å²) in [5.41, 5.74) is 9.39. The Morgan fingerprint density at radius 1 is 0.538 bits per heavy atom. The largest absolute Gasteiger partial charge is 0.296 e. The smallest absolute Gasteiger partial charge is 0.256 e. The van der Waals surface area contributed by atoms with Crippen LogP contribution in [-0.4, -0.2) is 21.2 Å². The third kappa shape index (κ3) is 2.74. The number of hydrogen-bond donors (Lipinski definition) is 0. The van der Waals surface area contributed by atoms with E-state index in [1.165, 1.54) is 32.7 Å². The lowest BCUT2D eigenvalue weighted by atomic mass is 9.34. The van der Waals surface area contributed by atoms with Gasteiger partial charge < -0.3 is 0 Å². The molecule has 0 amide bonds. The van der Waals surface area contributed by atoms with Crippen molar-refractivity contribution < 1.29 is 0 Å². The lowest BCUT2D eigenvalue weighted by molar-refractivity contribution is 1.04. The summed E-state index contributed by atoms with van der Waals surface area (Å²) < 4.78 is 2.38. The van der Waals surface area contributed by atoms with Crippen LogP contribution in [0.1, 0.15) is 0 Å². The maximum atomic E-state index is 5.35. The van der Waals surface area contributed by atoms with Crippen molar-refractivity contribution in [1.82, 2.24) is 14.5 Å². The van der Waals surface area contributed by atoms with E-state index in [9.17, 15) is 0 Å². The number of hydrogen-bond acceptors (Lipinski definition) is 3. The van der Waals surface area contributed by atoms with Gasteiger partial charge in [-0.1, -0.05) is 103 Å².